The number of H-pyrrole nitrogens is 1. The number of carbonyl (C=O) groups excluding carboxylic acids is 3. The third-order valence-electron chi connectivity index (χ3n) is 7.92. The first-order chi connectivity index (χ1) is 23.6. The van der Waals surface area contributed by atoms with E-state index in [9.17, 15) is 41.1 Å². The zero-order chi connectivity index (χ0) is 37.9. The molecule has 0 aliphatic heterocycles. The summed E-state index contributed by atoms with van der Waals surface area (Å²) in [5.74, 6) is -3.05. The van der Waals surface area contributed by atoms with E-state index in [2.05, 4.69) is 15.6 Å². The van der Waals surface area contributed by atoms with Gasteiger partial charge in [0.15, 0.2) is 0 Å². The van der Waals surface area contributed by atoms with Crippen molar-refractivity contribution < 1.29 is 105 Å². The molecule has 1 aromatic heterocycles. The van der Waals surface area contributed by atoms with E-state index in [1.54, 1.807) is 30.5 Å². The van der Waals surface area contributed by atoms with Gasteiger partial charge in [-0.25, -0.2) is 0 Å². The Bertz CT molecular complexity index is 2010. The van der Waals surface area contributed by atoms with E-state index < -0.39 is 86.3 Å². The SMILES string of the molecule is [Ac].[NH-]C(Cc1c[nH]c2ccccc12)C(=O)NC(Cc1ccc(C(F)(F)P(=O)(O)O)cc1)C(=O)NC(Cc1ccc(C(F)(F)P(=O)(O)O)cc1)C(N)=O. The van der Waals surface area contributed by atoms with Gasteiger partial charge in [-0.3, -0.25) is 23.5 Å². The number of hydrogen-bond donors (Lipinski definition) is 8. The number of fused-ring (bicyclic) bond motifs is 1. The average Bonchev–Trinajstić information content (AvgIpc) is 3.46. The summed E-state index contributed by atoms with van der Waals surface area (Å²) in [5.41, 5.74) is 4.53. The van der Waals surface area contributed by atoms with Crippen molar-refractivity contribution in [3.05, 3.63) is 113 Å². The van der Waals surface area contributed by atoms with Gasteiger partial charge in [-0.1, -0.05) is 72.8 Å². The Labute approximate surface area is 329 Å². The minimum atomic E-state index is -5.89. The molecule has 14 nitrogen and oxygen atoms in total. The van der Waals surface area contributed by atoms with E-state index in [1.807, 2.05) is 0 Å². The molecule has 3 amide bonds. The minimum Gasteiger partial charge on any atom is -0.667 e. The van der Waals surface area contributed by atoms with Gasteiger partial charge in [-0.05, 0) is 29.2 Å². The van der Waals surface area contributed by atoms with Crippen LogP contribution in [0.5, 0.6) is 0 Å². The number of rotatable bonds is 15. The van der Waals surface area contributed by atoms with Crippen LogP contribution in [0.3, 0.4) is 0 Å². The molecule has 0 spiro atoms. The molecule has 52 heavy (non-hydrogen) atoms. The van der Waals surface area contributed by atoms with Gasteiger partial charge < -0.3 is 46.7 Å². The maximum absolute atomic E-state index is 14.2. The quantitative estimate of drug-likeness (QED) is 0.0640. The Morgan fingerprint density at radius 1 is 0.731 bits per heavy atom. The average molecular weight is 984 g/mol. The fraction of sp³-hybridized carbons (Fsp3) is 0.258. The number of halogens is 4. The van der Waals surface area contributed by atoms with Crippen LogP contribution in [0.1, 0.15) is 27.8 Å². The molecule has 0 bridgehead atoms. The van der Waals surface area contributed by atoms with Crippen LogP contribution in [0.15, 0.2) is 79.0 Å². The maximum Gasteiger partial charge on any atom is 0.399 e. The second-order valence-corrected chi connectivity index (χ2v) is 14.9. The van der Waals surface area contributed by atoms with Gasteiger partial charge in [0.25, 0.3) is 0 Å². The Morgan fingerprint density at radius 3 is 1.63 bits per heavy atom. The molecule has 3 aromatic carbocycles. The van der Waals surface area contributed by atoms with Crippen molar-refractivity contribution in [2.75, 3.05) is 0 Å². The number of carbonyl (C=O) groups is 3. The summed E-state index contributed by atoms with van der Waals surface area (Å²) in [6.07, 6.45) is 0.724. The van der Waals surface area contributed by atoms with E-state index in [0.29, 0.717) is 5.56 Å². The van der Waals surface area contributed by atoms with Crippen molar-refractivity contribution in [1.29, 1.82) is 0 Å². The molecule has 0 saturated heterocycles. The van der Waals surface area contributed by atoms with Crippen molar-refractivity contribution in [3.8, 4) is 0 Å². The third kappa shape index (κ3) is 10.2. The second-order valence-electron chi connectivity index (χ2n) is 11.6. The van der Waals surface area contributed by atoms with Gasteiger partial charge in [0.1, 0.15) is 12.1 Å². The summed E-state index contributed by atoms with van der Waals surface area (Å²) < 4.78 is 79.1. The number of hydrogen-bond acceptors (Lipinski definition) is 5. The predicted molar refractivity (Wildman–Crippen MR) is 175 cm³/mol. The summed E-state index contributed by atoms with van der Waals surface area (Å²) in [5, 5.41) is 5.50. The first-order valence-corrected chi connectivity index (χ1v) is 18.1. The van der Waals surface area contributed by atoms with Crippen LogP contribution in [0.2, 0.25) is 0 Å². The Kier molecular flexibility index (Phi) is 14.2. The smallest absolute Gasteiger partial charge is 0.399 e. The standard InChI is InChI=1S/C31H32F4N5O9P2.Ac/c32-30(33,50(44,45)46)20-9-5-17(6-10-20)13-25(27(37)41)39-29(43)26(14-18-7-11-21(12-8-18)31(34,35)51(47,48)49)40-28(42)23(36)15-19-16-38-24-4-2-1-3-22(19)24;/h1-12,16,23,25-26,36,38H,13-15H2,(H2,37,41)(H,39,43)(H,40,42)(H2,44,45,46)(H2,47,48,49);/q-1;. The van der Waals surface area contributed by atoms with Crippen molar-refractivity contribution >= 4 is 43.8 Å². The number of aromatic amines is 1. The number of para-hydroxylation sites is 1. The van der Waals surface area contributed by atoms with Crippen LogP contribution in [-0.2, 0) is 54.1 Å². The molecule has 0 fully saturated rings. The van der Waals surface area contributed by atoms with E-state index in [0.717, 1.165) is 59.4 Å². The van der Waals surface area contributed by atoms with Crippen molar-refractivity contribution in [2.45, 2.75) is 48.7 Å². The summed E-state index contributed by atoms with van der Waals surface area (Å²) in [6.45, 7) is 0. The fourth-order valence-electron chi connectivity index (χ4n) is 5.08. The largest absolute Gasteiger partial charge is 0.667 e. The summed E-state index contributed by atoms with van der Waals surface area (Å²) in [6, 6.07) is 9.61. The number of amides is 3. The van der Waals surface area contributed by atoms with Gasteiger partial charge in [0, 0.05) is 85.1 Å². The van der Waals surface area contributed by atoms with Crippen LogP contribution in [0.25, 0.3) is 16.6 Å². The van der Waals surface area contributed by atoms with Crippen molar-refractivity contribution in [2.24, 2.45) is 5.73 Å². The first-order valence-electron chi connectivity index (χ1n) is 14.8. The zero-order valence-corrected chi connectivity index (χ0v) is 33.3. The van der Waals surface area contributed by atoms with Gasteiger partial charge in [-0.2, -0.15) is 17.6 Å². The molecule has 0 aliphatic carbocycles. The molecule has 4 aromatic rings. The molecule has 0 saturated carbocycles. The van der Waals surface area contributed by atoms with E-state index in [1.165, 1.54) is 0 Å². The minimum absolute atomic E-state index is 0. The number of nitrogens with two attached hydrogens (primary N) is 1. The van der Waals surface area contributed by atoms with Gasteiger partial charge in [0.2, 0.25) is 17.7 Å². The maximum atomic E-state index is 14.2. The van der Waals surface area contributed by atoms with E-state index in [4.69, 9.17) is 31.0 Å². The molecular formula is C31H32AcF4N5O9P2-. The number of primary amides is 1. The van der Waals surface area contributed by atoms with Gasteiger partial charge >= 0.3 is 26.5 Å². The second kappa shape index (κ2) is 17.0. The number of aromatic nitrogens is 1. The topological polar surface area (TPSA) is 256 Å². The fourth-order valence-corrected chi connectivity index (χ4v) is 6.05. The summed E-state index contributed by atoms with van der Waals surface area (Å²) in [4.78, 5) is 78.1. The van der Waals surface area contributed by atoms with Gasteiger partial charge in [0.05, 0.1) is 0 Å². The van der Waals surface area contributed by atoms with E-state index >= 15 is 0 Å². The molecule has 4 rings (SSSR count). The number of benzene rings is 3. The van der Waals surface area contributed by atoms with Crippen LogP contribution < -0.4 is 16.4 Å². The monoisotopic (exact) mass is 983 g/mol. The van der Waals surface area contributed by atoms with E-state index in [-0.39, 0.29) is 61.6 Å². The zero-order valence-electron chi connectivity index (χ0n) is 26.8. The molecule has 3 atom stereocenters. The summed E-state index contributed by atoms with van der Waals surface area (Å²) in [7, 11) is -11.7. The van der Waals surface area contributed by atoms with Crippen LogP contribution in [0, 0.1) is 44.1 Å². The molecule has 3 unspecified atom stereocenters. The first kappa shape index (κ1) is 43.4. The Morgan fingerprint density at radius 2 is 1.17 bits per heavy atom. The third-order valence-corrected chi connectivity index (χ3v) is 9.90. The molecule has 0 aliphatic rings. The van der Waals surface area contributed by atoms with Crippen molar-refractivity contribution in [1.82, 2.24) is 15.6 Å². The Balaban J connectivity index is 0.00000729. The molecule has 277 valence electrons. The normalized spacial score (nSPS) is 14.2. The molecular weight excluding hydrogens is 951 g/mol. The van der Waals surface area contributed by atoms with Crippen molar-refractivity contribution in [3.63, 3.8) is 0 Å². The van der Waals surface area contributed by atoms with Crippen LogP contribution in [-0.4, -0.2) is 60.4 Å². The van der Waals surface area contributed by atoms with Crippen LogP contribution in [0.4, 0.5) is 17.6 Å². The van der Waals surface area contributed by atoms with Crippen LogP contribution >= 0.6 is 15.2 Å². The molecule has 1 heterocycles. The molecule has 21 heteroatoms. The predicted octanol–water partition coefficient (Wildman–Crippen LogP) is 3.53. The Hall–Kier alpha value is -2.97. The molecule has 10 N–H and O–H groups in total. The number of nitrogens with one attached hydrogen (secondary N) is 4. The number of alkyl halides is 4. The summed E-state index contributed by atoms with van der Waals surface area (Å²) >= 11 is 0. The van der Waals surface area contributed by atoms with Gasteiger partial charge in [-0.15, -0.1) is 0 Å². The molecule has 1 radical (unpaired) electrons.